The van der Waals surface area contributed by atoms with E-state index in [1.807, 2.05) is 30.5 Å². The summed E-state index contributed by atoms with van der Waals surface area (Å²) < 4.78 is 8.56. The maximum absolute atomic E-state index is 11.3. The Labute approximate surface area is 347 Å². The first-order chi connectivity index (χ1) is 29.4. The van der Waals surface area contributed by atoms with Crippen molar-refractivity contribution in [3.05, 3.63) is 205 Å². The van der Waals surface area contributed by atoms with Gasteiger partial charge in [0.1, 0.15) is 17.2 Å². The molecule has 5 heteroatoms. The van der Waals surface area contributed by atoms with Crippen molar-refractivity contribution in [1.82, 2.24) is 14.5 Å². The van der Waals surface area contributed by atoms with E-state index in [1.165, 1.54) is 10.9 Å². The molecule has 0 aliphatic heterocycles. The highest BCUT2D eigenvalue weighted by Gasteiger charge is 2.27. The van der Waals surface area contributed by atoms with Gasteiger partial charge in [0.25, 0.3) is 0 Å². The molecule has 0 saturated heterocycles. The number of imidazole rings is 1. The third-order valence-corrected chi connectivity index (χ3v) is 12.0. The molecule has 0 aliphatic rings. The maximum Gasteiger partial charge on any atom is 0.153 e. The number of hydrogen-bond donors (Lipinski definition) is 1. The molecule has 286 valence electrons. The second-order valence-corrected chi connectivity index (χ2v) is 16.0. The van der Waals surface area contributed by atoms with Gasteiger partial charge in [0, 0.05) is 32.9 Å². The molecule has 0 radical (unpaired) electrons. The van der Waals surface area contributed by atoms with Gasteiger partial charge in [-0.2, -0.15) is 0 Å². The summed E-state index contributed by atoms with van der Waals surface area (Å²) in [7, 11) is 0. The highest BCUT2D eigenvalue weighted by molar-refractivity contribution is 6.10. The Hall–Kier alpha value is -7.76. The summed E-state index contributed by atoms with van der Waals surface area (Å²) in [6, 6.07) is 65.0. The largest absolute Gasteiger partial charge is 0.507 e. The molecule has 0 amide bonds. The standard InChI is InChI=1S/C55H39N3O2/c1-55(2,40-20-7-4-8-21-40)41-29-38(28-39(30-41)47-33-46-45-31-36-18-9-10-19-37(36)32-51(45)60-52(46)34-56-47)43-24-15-26-49-53(43)57-54(44-23-12-14-27-50(44)59)58(49)48-25-13-11-22-42(48)35-16-5-3-6-17-35/h3-34,59H,1-2H3. The van der Waals surface area contributed by atoms with E-state index in [-0.39, 0.29) is 11.2 Å². The number of aromatic hydroxyl groups is 1. The molecule has 0 spiro atoms. The number of pyridine rings is 1. The van der Waals surface area contributed by atoms with Crippen LogP contribution in [0.4, 0.5) is 0 Å². The van der Waals surface area contributed by atoms with Crippen LogP contribution >= 0.6 is 0 Å². The van der Waals surface area contributed by atoms with Crippen LogP contribution < -0.4 is 0 Å². The zero-order chi connectivity index (χ0) is 40.4. The summed E-state index contributed by atoms with van der Waals surface area (Å²) in [5, 5.41) is 15.7. The first-order valence-corrected chi connectivity index (χ1v) is 20.3. The molecule has 8 aromatic carbocycles. The Morgan fingerprint density at radius 2 is 1.17 bits per heavy atom. The van der Waals surface area contributed by atoms with Crippen molar-refractivity contribution in [2.24, 2.45) is 0 Å². The SMILES string of the molecule is CC(C)(c1ccccc1)c1cc(-c2cc3c(cn2)oc2cc4ccccc4cc23)cc(-c2cccc3c2nc(-c2ccccc2O)n3-c2ccccc2-c2ccccc2)c1. The Balaban J connectivity index is 1.16. The first-order valence-electron chi connectivity index (χ1n) is 20.3. The van der Waals surface area contributed by atoms with Gasteiger partial charge >= 0.3 is 0 Å². The molecule has 5 nitrogen and oxygen atoms in total. The van der Waals surface area contributed by atoms with Gasteiger partial charge in [0.05, 0.1) is 34.2 Å². The quantitative estimate of drug-likeness (QED) is 0.175. The fourth-order valence-electron chi connectivity index (χ4n) is 8.79. The average Bonchev–Trinajstić information content (AvgIpc) is 3.86. The van der Waals surface area contributed by atoms with Crippen molar-refractivity contribution >= 4 is 43.7 Å². The summed E-state index contributed by atoms with van der Waals surface area (Å²) >= 11 is 0. The molecule has 0 aliphatic carbocycles. The van der Waals surface area contributed by atoms with Crippen LogP contribution in [0.1, 0.15) is 25.0 Å². The first kappa shape index (κ1) is 35.4. The van der Waals surface area contributed by atoms with Crippen LogP contribution in [0.15, 0.2) is 199 Å². The number of aromatic nitrogens is 3. The minimum absolute atomic E-state index is 0.169. The van der Waals surface area contributed by atoms with Crippen molar-refractivity contribution in [2.75, 3.05) is 0 Å². The van der Waals surface area contributed by atoms with Gasteiger partial charge in [-0.05, 0) is 87.6 Å². The van der Waals surface area contributed by atoms with Crippen LogP contribution in [0.5, 0.6) is 5.75 Å². The molecule has 0 unspecified atom stereocenters. The van der Waals surface area contributed by atoms with E-state index in [0.29, 0.717) is 11.4 Å². The molecular weight excluding hydrogens is 735 g/mol. The molecular formula is C55H39N3O2. The summed E-state index contributed by atoms with van der Waals surface area (Å²) in [6.45, 7) is 4.56. The van der Waals surface area contributed by atoms with E-state index >= 15 is 0 Å². The van der Waals surface area contributed by atoms with E-state index in [4.69, 9.17) is 14.4 Å². The summed E-state index contributed by atoms with van der Waals surface area (Å²) in [6.07, 6.45) is 1.86. The molecule has 1 N–H and O–H groups in total. The second-order valence-electron chi connectivity index (χ2n) is 16.0. The van der Waals surface area contributed by atoms with Crippen LogP contribution in [0, 0.1) is 0 Å². The lowest BCUT2D eigenvalue weighted by atomic mass is 9.76. The Kier molecular flexibility index (Phi) is 8.24. The van der Waals surface area contributed by atoms with Gasteiger partial charge in [-0.25, -0.2) is 4.98 Å². The van der Waals surface area contributed by atoms with Crippen LogP contribution in [0.25, 0.3) is 94.3 Å². The fourth-order valence-corrected chi connectivity index (χ4v) is 8.79. The molecule has 11 aromatic rings. The van der Waals surface area contributed by atoms with Gasteiger partial charge in [0.2, 0.25) is 0 Å². The number of furan rings is 1. The minimum Gasteiger partial charge on any atom is -0.507 e. The molecule has 3 heterocycles. The smallest absolute Gasteiger partial charge is 0.153 e. The van der Waals surface area contributed by atoms with Crippen LogP contribution in [0.3, 0.4) is 0 Å². The van der Waals surface area contributed by atoms with Gasteiger partial charge in [-0.15, -0.1) is 0 Å². The Morgan fingerprint density at radius 3 is 1.97 bits per heavy atom. The molecule has 0 atom stereocenters. The van der Waals surface area contributed by atoms with Gasteiger partial charge in [-0.3, -0.25) is 9.55 Å². The highest BCUT2D eigenvalue weighted by Crippen LogP contribution is 2.43. The van der Waals surface area contributed by atoms with Crippen LogP contribution in [-0.2, 0) is 5.41 Å². The maximum atomic E-state index is 11.3. The number of fused-ring (bicyclic) bond motifs is 5. The van der Waals surface area contributed by atoms with Crippen LogP contribution in [0.2, 0.25) is 0 Å². The predicted molar refractivity (Wildman–Crippen MR) is 246 cm³/mol. The molecule has 0 bridgehead atoms. The molecule has 11 rings (SSSR count). The number of hydrogen-bond acceptors (Lipinski definition) is 4. The van der Waals surface area contributed by atoms with Crippen molar-refractivity contribution in [1.29, 1.82) is 0 Å². The second kappa shape index (κ2) is 14.0. The van der Waals surface area contributed by atoms with E-state index in [1.54, 1.807) is 6.07 Å². The normalized spacial score (nSPS) is 11.9. The van der Waals surface area contributed by atoms with Crippen molar-refractivity contribution < 1.29 is 9.52 Å². The summed E-state index contributed by atoms with van der Waals surface area (Å²) in [4.78, 5) is 10.5. The number of phenolic OH excluding ortho intramolecular Hbond substituents is 1. The van der Waals surface area contributed by atoms with E-state index in [2.05, 4.69) is 176 Å². The topological polar surface area (TPSA) is 64.1 Å². The van der Waals surface area contributed by atoms with E-state index in [0.717, 1.165) is 83.1 Å². The number of phenols is 1. The Morgan fingerprint density at radius 1 is 0.517 bits per heavy atom. The number of rotatable bonds is 7. The monoisotopic (exact) mass is 773 g/mol. The number of benzene rings is 8. The Bertz CT molecular complexity index is 3420. The third kappa shape index (κ3) is 5.85. The summed E-state index contributed by atoms with van der Waals surface area (Å²) in [5.74, 6) is 0.828. The molecule has 0 saturated carbocycles. The third-order valence-electron chi connectivity index (χ3n) is 12.0. The molecule has 60 heavy (non-hydrogen) atoms. The van der Waals surface area contributed by atoms with E-state index in [9.17, 15) is 5.11 Å². The van der Waals surface area contributed by atoms with Gasteiger partial charge in [-0.1, -0.05) is 147 Å². The minimum atomic E-state index is -0.347. The lowest BCUT2D eigenvalue weighted by molar-refractivity contribution is 0.477. The van der Waals surface area contributed by atoms with Crippen molar-refractivity contribution in [2.45, 2.75) is 19.3 Å². The number of para-hydroxylation sites is 3. The van der Waals surface area contributed by atoms with Gasteiger partial charge in [0.15, 0.2) is 5.58 Å². The average molecular weight is 774 g/mol. The lowest BCUT2D eigenvalue weighted by Crippen LogP contribution is -2.19. The zero-order valence-electron chi connectivity index (χ0n) is 33.2. The van der Waals surface area contributed by atoms with Crippen molar-refractivity contribution in [3.63, 3.8) is 0 Å². The van der Waals surface area contributed by atoms with Gasteiger partial charge < -0.3 is 9.52 Å². The fraction of sp³-hybridized carbons (Fsp3) is 0.0545. The van der Waals surface area contributed by atoms with Crippen molar-refractivity contribution in [3.8, 4) is 56.3 Å². The molecule has 0 fully saturated rings. The number of nitrogens with zero attached hydrogens (tertiary/aromatic N) is 3. The lowest BCUT2D eigenvalue weighted by Gasteiger charge is -2.27. The molecule has 3 aromatic heterocycles. The van der Waals surface area contributed by atoms with Crippen LogP contribution in [-0.4, -0.2) is 19.6 Å². The van der Waals surface area contributed by atoms with E-state index < -0.39 is 0 Å². The highest BCUT2D eigenvalue weighted by atomic mass is 16.3. The predicted octanol–water partition coefficient (Wildman–Crippen LogP) is 14.2. The summed E-state index contributed by atoms with van der Waals surface area (Å²) in [5.41, 5.74) is 13.0. The zero-order valence-corrected chi connectivity index (χ0v) is 33.2.